The molecule has 1 aromatic carbocycles. The Kier molecular flexibility index (Phi) is 13.1. The molecule has 0 radical (unpaired) electrons. The van der Waals surface area contributed by atoms with Crippen molar-refractivity contribution in [1.29, 1.82) is 0 Å². The fraction of sp³-hybridized carbons (Fsp3) is 0.308. The van der Waals surface area contributed by atoms with Crippen molar-refractivity contribution in [3.05, 3.63) is 96.7 Å². The molecule has 0 bridgehead atoms. The molecule has 1 aromatic rings. The van der Waals surface area contributed by atoms with Gasteiger partial charge < -0.3 is 9.47 Å². The standard InChI is InChI=1S/C26H32O4/c1-4-5-6-7-8-9-10-11-12-13-14-18-21-24(27)29-26(30-25(28)22(2)3)23-19-16-15-17-20-23/h5-17,19-20,22,26H,4,18,21H2,1-3H3/b6-5-,8-7-,10-9-,12-11-,14-13-. The lowest BCUT2D eigenvalue weighted by Crippen LogP contribution is -2.20. The minimum Gasteiger partial charge on any atom is -0.421 e. The van der Waals surface area contributed by atoms with Crippen LogP contribution in [-0.2, 0) is 19.1 Å². The van der Waals surface area contributed by atoms with Crippen LogP contribution >= 0.6 is 0 Å². The van der Waals surface area contributed by atoms with Gasteiger partial charge in [-0.2, -0.15) is 0 Å². The fourth-order valence-corrected chi connectivity index (χ4v) is 2.17. The molecule has 160 valence electrons. The first-order valence-electron chi connectivity index (χ1n) is 10.3. The summed E-state index contributed by atoms with van der Waals surface area (Å²) in [5, 5.41) is 0. The van der Waals surface area contributed by atoms with Crippen LogP contribution in [0.3, 0.4) is 0 Å². The first kappa shape index (κ1) is 24.9. The Hall–Kier alpha value is -3.14. The highest BCUT2D eigenvalue weighted by atomic mass is 16.7. The molecule has 0 spiro atoms. The number of ether oxygens (including phenoxy) is 2. The van der Waals surface area contributed by atoms with Crippen LogP contribution in [0.2, 0.25) is 0 Å². The van der Waals surface area contributed by atoms with Gasteiger partial charge >= 0.3 is 11.9 Å². The SMILES string of the molecule is CC\C=C/C=C\C=C/C=C\C=C/CCC(=O)OC(OC(=O)C(C)C)c1ccccc1. The van der Waals surface area contributed by atoms with Crippen LogP contribution in [0.5, 0.6) is 0 Å². The van der Waals surface area contributed by atoms with Crippen LogP contribution in [0.4, 0.5) is 0 Å². The van der Waals surface area contributed by atoms with Crippen molar-refractivity contribution in [2.45, 2.75) is 46.3 Å². The number of carbonyl (C=O) groups is 2. The van der Waals surface area contributed by atoms with E-state index in [9.17, 15) is 9.59 Å². The summed E-state index contributed by atoms with van der Waals surface area (Å²) in [5.41, 5.74) is 0.629. The van der Waals surface area contributed by atoms with E-state index in [2.05, 4.69) is 13.0 Å². The molecule has 0 aromatic heterocycles. The summed E-state index contributed by atoms with van der Waals surface area (Å²) in [5.74, 6) is -1.13. The van der Waals surface area contributed by atoms with Crippen molar-refractivity contribution in [2.75, 3.05) is 0 Å². The lowest BCUT2D eigenvalue weighted by molar-refractivity contribution is -0.192. The molecule has 0 N–H and O–H groups in total. The van der Waals surface area contributed by atoms with Gasteiger partial charge in [0.15, 0.2) is 0 Å². The highest BCUT2D eigenvalue weighted by Gasteiger charge is 2.22. The average Bonchev–Trinajstić information content (AvgIpc) is 2.74. The number of carbonyl (C=O) groups excluding carboxylic acids is 2. The number of benzene rings is 1. The monoisotopic (exact) mass is 408 g/mol. The molecule has 4 nitrogen and oxygen atoms in total. The molecule has 0 aliphatic rings. The molecule has 30 heavy (non-hydrogen) atoms. The van der Waals surface area contributed by atoms with Crippen LogP contribution in [0.25, 0.3) is 0 Å². The summed E-state index contributed by atoms with van der Waals surface area (Å²) in [6.07, 6.45) is 20.3. The van der Waals surface area contributed by atoms with Gasteiger partial charge in [0.1, 0.15) is 0 Å². The smallest absolute Gasteiger partial charge is 0.311 e. The van der Waals surface area contributed by atoms with Crippen molar-refractivity contribution >= 4 is 11.9 Å². The van der Waals surface area contributed by atoms with Gasteiger partial charge in [-0.05, 0) is 12.8 Å². The molecule has 0 aliphatic heterocycles. The second-order valence-corrected chi connectivity index (χ2v) is 6.78. The van der Waals surface area contributed by atoms with E-state index in [1.807, 2.05) is 60.8 Å². The summed E-state index contributed by atoms with van der Waals surface area (Å²) < 4.78 is 10.8. The van der Waals surface area contributed by atoms with E-state index in [1.54, 1.807) is 38.1 Å². The predicted octanol–water partition coefficient (Wildman–Crippen LogP) is 6.40. The zero-order valence-electron chi connectivity index (χ0n) is 18.1. The highest BCUT2D eigenvalue weighted by molar-refractivity contribution is 5.73. The lowest BCUT2D eigenvalue weighted by Gasteiger charge is -2.19. The van der Waals surface area contributed by atoms with E-state index in [-0.39, 0.29) is 12.3 Å². The Morgan fingerprint density at radius 1 is 0.833 bits per heavy atom. The van der Waals surface area contributed by atoms with E-state index >= 15 is 0 Å². The molecule has 0 fully saturated rings. The summed E-state index contributed by atoms with van der Waals surface area (Å²) in [6.45, 7) is 5.57. The van der Waals surface area contributed by atoms with Gasteiger partial charge in [-0.1, -0.05) is 112 Å². The number of allylic oxidation sites excluding steroid dienone is 10. The number of esters is 2. The van der Waals surface area contributed by atoms with Gasteiger partial charge in [0.05, 0.1) is 5.92 Å². The highest BCUT2D eigenvalue weighted by Crippen LogP contribution is 2.21. The first-order chi connectivity index (χ1) is 14.5. The van der Waals surface area contributed by atoms with Crippen molar-refractivity contribution in [1.82, 2.24) is 0 Å². The van der Waals surface area contributed by atoms with Gasteiger partial charge in [0, 0.05) is 12.0 Å². The Morgan fingerprint density at radius 3 is 1.97 bits per heavy atom. The van der Waals surface area contributed by atoms with E-state index in [0.717, 1.165) is 6.42 Å². The Balaban J connectivity index is 2.44. The average molecular weight is 409 g/mol. The third-order valence-electron chi connectivity index (χ3n) is 3.81. The second-order valence-electron chi connectivity index (χ2n) is 6.78. The number of hydrogen-bond donors (Lipinski definition) is 0. The summed E-state index contributed by atoms with van der Waals surface area (Å²) in [4.78, 5) is 24.1. The van der Waals surface area contributed by atoms with E-state index < -0.39 is 18.2 Å². The summed E-state index contributed by atoms with van der Waals surface area (Å²) in [7, 11) is 0. The molecule has 1 unspecified atom stereocenters. The summed E-state index contributed by atoms with van der Waals surface area (Å²) >= 11 is 0. The molecular weight excluding hydrogens is 376 g/mol. The maximum Gasteiger partial charge on any atom is 0.311 e. The first-order valence-corrected chi connectivity index (χ1v) is 10.3. The third-order valence-corrected chi connectivity index (χ3v) is 3.81. The van der Waals surface area contributed by atoms with E-state index in [0.29, 0.717) is 12.0 Å². The number of hydrogen-bond acceptors (Lipinski definition) is 4. The maximum atomic E-state index is 12.2. The van der Waals surface area contributed by atoms with Crippen molar-refractivity contribution in [3.63, 3.8) is 0 Å². The van der Waals surface area contributed by atoms with Crippen LogP contribution in [0.1, 0.15) is 51.9 Å². The molecule has 1 rings (SSSR count). The van der Waals surface area contributed by atoms with Crippen molar-refractivity contribution < 1.29 is 19.1 Å². The second kappa shape index (κ2) is 15.7. The molecular formula is C26H32O4. The van der Waals surface area contributed by atoms with Crippen molar-refractivity contribution in [3.8, 4) is 0 Å². The zero-order valence-corrected chi connectivity index (χ0v) is 18.1. The van der Waals surface area contributed by atoms with Crippen molar-refractivity contribution in [2.24, 2.45) is 5.92 Å². The summed E-state index contributed by atoms with van der Waals surface area (Å²) in [6, 6.07) is 8.99. The Labute approximate surface area is 180 Å². The fourth-order valence-electron chi connectivity index (χ4n) is 2.17. The third kappa shape index (κ3) is 11.6. The van der Waals surface area contributed by atoms with E-state index in [4.69, 9.17) is 9.47 Å². The molecule has 0 saturated carbocycles. The minimum atomic E-state index is -1.03. The van der Waals surface area contributed by atoms with Gasteiger partial charge in [-0.25, -0.2) is 0 Å². The van der Waals surface area contributed by atoms with E-state index in [1.165, 1.54) is 0 Å². The lowest BCUT2D eigenvalue weighted by atomic mass is 10.2. The zero-order chi connectivity index (χ0) is 22.0. The van der Waals surface area contributed by atoms with Crippen LogP contribution in [-0.4, -0.2) is 11.9 Å². The van der Waals surface area contributed by atoms with Crippen LogP contribution in [0.15, 0.2) is 91.1 Å². The largest absolute Gasteiger partial charge is 0.421 e. The maximum absolute atomic E-state index is 12.2. The molecule has 4 heteroatoms. The predicted molar refractivity (Wildman–Crippen MR) is 121 cm³/mol. The van der Waals surface area contributed by atoms with Crippen LogP contribution < -0.4 is 0 Å². The Morgan fingerprint density at radius 2 is 1.40 bits per heavy atom. The quantitative estimate of drug-likeness (QED) is 0.228. The molecule has 0 heterocycles. The minimum absolute atomic E-state index is 0.204. The van der Waals surface area contributed by atoms with Gasteiger partial charge in [-0.15, -0.1) is 0 Å². The van der Waals surface area contributed by atoms with Crippen LogP contribution in [0, 0.1) is 5.92 Å². The van der Waals surface area contributed by atoms with Gasteiger partial charge in [0.25, 0.3) is 6.29 Å². The normalized spacial score (nSPS) is 13.3. The van der Waals surface area contributed by atoms with Gasteiger partial charge in [0.2, 0.25) is 0 Å². The molecule has 1 atom stereocenters. The number of rotatable bonds is 12. The Bertz CT molecular complexity index is 767. The molecule has 0 saturated heterocycles. The topological polar surface area (TPSA) is 52.6 Å². The van der Waals surface area contributed by atoms with Gasteiger partial charge in [-0.3, -0.25) is 9.59 Å². The molecule has 0 amide bonds. The molecule has 0 aliphatic carbocycles.